The monoisotopic (exact) mass is 341 g/mol. The topological polar surface area (TPSA) is 44.4 Å². The Bertz CT molecular complexity index is 634. The summed E-state index contributed by atoms with van der Waals surface area (Å²) in [5, 5.41) is 7.19. The number of hydrogen-bond acceptors (Lipinski definition) is 3. The van der Waals surface area contributed by atoms with Crippen molar-refractivity contribution >= 4 is 34.7 Å². The van der Waals surface area contributed by atoms with Crippen LogP contribution in [0.2, 0.25) is 5.02 Å². The molecule has 0 bridgehead atoms. The lowest BCUT2D eigenvalue weighted by Crippen LogP contribution is -2.36. The van der Waals surface area contributed by atoms with Crippen LogP contribution in [0.1, 0.15) is 10.9 Å². The van der Waals surface area contributed by atoms with Crippen molar-refractivity contribution in [3.8, 4) is 0 Å². The van der Waals surface area contributed by atoms with Crippen LogP contribution in [0.3, 0.4) is 0 Å². The van der Waals surface area contributed by atoms with Crippen molar-refractivity contribution in [2.75, 3.05) is 26.0 Å². The van der Waals surface area contributed by atoms with Gasteiger partial charge in [-0.3, -0.25) is 0 Å². The second-order valence-corrected chi connectivity index (χ2v) is 6.32. The van der Waals surface area contributed by atoms with Crippen LogP contribution in [-0.4, -0.2) is 31.6 Å². The highest BCUT2D eigenvalue weighted by Crippen LogP contribution is 2.23. The van der Waals surface area contributed by atoms with Gasteiger partial charge in [0.25, 0.3) is 0 Å². The number of urea groups is 1. The molecule has 0 saturated carbocycles. The number of carbonyl (C=O) groups excluding carboxylic acids is 1. The molecule has 4 nitrogen and oxygen atoms in total. The third-order valence-corrected chi connectivity index (χ3v) is 4.42. The summed E-state index contributed by atoms with van der Waals surface area (Å²) in [6.45, 7) is 0.418. The standard InChI is InChI=1S/C15H17ClFN3OS/c1-20(2)12(13-7-4-8-22-13)9-18-15(21)19-11-6-3-5-10(16)14(11)17/h3-8,12H,9H2,1-2H3,(H2,18,19,21)/t12-/m1/s1. The van der Waals surface area contributed by atoms with E-state index in [2.05, 4.69) is 10.6 Å². The average Bonchev–Trinajstić information content (AvgIpc) is 2.98. The second-order valence-electron chi connectivity index (χ2n) is 4.93. The van der Waals surface area contributed by atoms with Crippen molar-refractivity contribution in [3.63, 3.8) is 0 Å². The van der Waals surface area contributed by atoms with E-state index in [1.165, 1.54) is 12.1 Å². The van der Waals surface area contributed by atoms with Gasteiger partial charge in [0.2, 0.25) is 0 Å². The summed E-state index contributed by atoms with van der Waals surface area (Å²) in [5.41, 5.74) is 0.0579. The minimum Gasteiger partial charge on any atom is -0.336 e. The second kappa shape index (κ2) is 7.58. The first kappa shape index (κ1) is 16.7. The maximum atomic E-state index is 13.7. The Labute approximate surface area is 137 Å². The van der Waals surface area contributed by atoms with E-state index in [4.69, 9.17) is 11.6 Å². The first-order chi connectivity index (χ1) is 10.5. The van der Waals surface area contributed by atoms with Gasteiger partial charge in [-0.1, -0.05) is 23.7 Å². The van der Waals surface area contributed by atoms with E-state index >= 15 is 0 Å². The van der Waals surface area contributed by atoms with E-state index in [1.807, 2.05) is 36.5 Å². The molecule has 2 rings (SSSR count). The molecule has 0 saturated heterocycles. The van der Waals surface area contributed by atoms with Crippen molar-refractivity contribution in [1.29, 1.82) is 0 Å². The fourth-order valence-electron chi connectivity index (χ4n) is 1.97. The van der Waals surface area contributed by atoms with E-state index in [9.17, 15) is 9.18 Å². The first-order valence-electron chi connectivity index (χ1n) is 6.67. The van der Waals surface area contributed by atoms with E-state index in [-0.39, 0.29) is 16.8 Å². The highest BCUT2D eigenvalue weighted by molar-refractivity contribution is 7.10. The zero-order valence-electron chi connectivity index (χ0n) is 12.3. The fraction of sp³-hybridized carbons (Fsp3) is 0.267. The van der Waals surface area contributed by atoms with E-state index in [1.54, 1.807) is 17.4 Å². The summed E-state index contributed by atoms with van der Waals surface area (Å²) in [6, 6.07) is 8.06. The van der Waals surface area contributed by atoms with Crippen molar-refractivity contribution < 1.29 is 9.18 Å². The Morgan fingerprint density at radius 2 is 2.14 bits per heavy atom. The molecule has 2 aromatic rings. The van der Waals surface area contributed by atoms with Crippen LogP contribution in [0.5, 0.6) is 0 Å². The van der Waals surface area contributed by atoms with Gasteiger partial charge in [-0.25, -0.2) is 9.18 Å². The van der Waals surface area contributed by atoms with Crippen LogP contribution >= 0.6 is 22.9 Å². The Morgan fingerprint density at radius 3 is 2.77 bits per heavy atom. The quantitative estimate of drug-likeness (QED) is 0.864. The number of hydrogen-bond donors (Lipinski definition) is 2. The molecular formula is C15H17ClFN3OS. The van der Waals surface area contributed by atoms with E-state index in [0.717, 1.165) is 4.88 Å². The van der Waals surface area contributed by atoms with Crippen LogP contribution in [0, 0.1) is 5.82 Å². The summed E-state index contributed by atoms with van der Waals surface area (Å²) >= 11 is 7.31. The smallest absolute Gasteiger partial charge is 0.319 e. The Morgan fingerprint density at radius 1 is 1.36 bits per heavy atom. The van der Waals surface area contributed by atoms with Crippen molar-refractivity contribution in [2.45, 2.75) is 6.04 Å². The zero-order chi connectivity index (χ0) is 16.1. The molecule has 118 valence electrons. The number of thiophene rings is 1. The predicted octanol–water partition coefficient (Wildman–Crippen LogP) is 3.97. The number of carbonyl (C=O) groups is 1. The number of halogens is 2. The summed E-state index contributed by atoms with van der Waals surface area (Å²) in [4.78, 5) is 15.1. The van der Waals surface area contributed by atoms with Crippen molar-refractivity contribution in [1.82, 2.24) is 10.2 Å². The lowest BCUT2D eigenvalue weighted by Gasteiger charge is -2.23. The van der Waals surface area contributed by atoms with Crippen LogP contribution < -0.4 is 10.6 Å². The molecule has 0 fully saturated rings. The normalized spacial score (nSPS) is 12.2. The molecule has 0 unspecified atom stereocenters. The van der Waals surface area contributed by atoms with Crippen molar-refractivity contribution in [2.24, 2.45) is 0 Å². The SMILES string of the molecule is CN(C)[C@H](CNC(=O)Nc1cccc(Cl)c1F)c1cccs1. The van der Waals surface area contributed by atoms with E-state index in [0.29, 0.717) is 6.54 Å². The molecule has 22 heavy (non-hydrogen) atoms. The molecule has 0 spiro atoms. The largest absolute Gasteiger partial charge is 0.336 e. The van der Waals surface area contributed by atoms with Crippen LogP contribution in [0.15, 0.2) is 35.7 Å². The first-order valence-corrected chi connectivity index (χ1v) is 7.93. The lowest BCUT2D eigenvalue weighted by atomic mass is 10.2. The average molecular weight is 342 g/mol. The maximum Gasteiger partial charge on any atom is 0.319 e. The minimum atomic E-state index is -0.637. The Balaban J connectivity index is 1.96. The van der Waals surface area contributed by atoms with Gasteiger partial charge in [0.05, 0.1) is 16.8 Å². The van der Waals surface area contributed by atoms with Crippen LogP contribution in [0.4, 0.5) is 14.9 Å². The molecule has 1 atom stereocenters. The Hall–Kier alpha value is -1.63. The fourth-order valence-corrected chi connectivity index (χ4v) is 3.07. The summed E-state index contributed by atoms with van der Waals surface area (Å²) in [6.07, 6.45) is 0. The molecule has 2 amide bonds. The summed E-state index contributed by atoms with van der Waals surface area (Å²) in [5.74, 6) is -0.637. The molecule has 0 aliphatic carbocycles. The van der Waals surface area contributed by atoms with Gasteiger partial charge in [0, 0.05) is 11.4 Å². The van der Waals surface area contributed by atoms with Gasteiger partial charge in [-0.15, -0.1) is 11.3 Å². The van der Waals surface area contributed by atoms with E-state index < -0.39 is 11.8 Å². The maximum absolute atomic E-state index is 13.7. The predicted molar refractivity (Wildman–Crippen MR) is 89.2 cm³/mol. The molecule has 0 aliphatic heterocycles. The third kappa shape index (κ3) is 4.19. The molecule has 7 heteroatoms. The molecule has 1 aromatic heterocycles. The summed E-state index contributed by atoms with van der Waals surface area (Å²) in [7, 11) is 3.89. The molecule has 1 aromatic carbocycles. The highest BCUT2D eigenvalue weighted by Gasteiger charge is 2.16. The molecule has 0 aliphatic rings. The number of amides is 2. The number of benzene rings is 1. The number of anilines is 1. The van der Waals surface area contributed by atoms with Gasteiger partial charge in [-0.05, 0) is 37.7 Å². The number of likely N-dealkylation sites (N-methyl/N-ethyl adjacent to an activating group) is 1. The number of nitrogens with zero attached hydrogens (tertiary/aromatic N) is 1. The van der Waals surface area contributed by atoms with Crippen molar-refractivity contribution in [3.05, 3.63) is 51.4 Å². The Kier molecular flexibility index (Phi) is 5.76. The molecule has 0 radical (unpaired) electrons. The number of nitrogens with one attached hydrogen (secondary N) is 2. The molecule has 2 N–H and O–H groups in total. The van der Waals surface area contributed by atoms with Gasteiger partial charge in [0.1, 0.15) is 0 Å². The number of rotatable bonds is 5. The third-order valence-electron chi connectivity index (χ3n) is 3.15. The van der Waals surface area contributed by atoms with Gasteiger partial charge in [-0.2, -0.15) is 0 Å². The van der Waals surface area contributed by atoms with Crippen LogP contribution in [0.25, 0.3) is 0 Å². The lowest BCUT2D eigenvalue weighted by molar-refractivity contribution is 0.244. The molecular weight excluding hydrogens is 325 g/mol. The van der Waals surface area contributed by atoms with Gasteiger partial charge < -0.3 is 15.5 Å². The van der Waals surface area contributed by atoms with Crippen LogP contribution in [-0.2, 0) is 0 Å². The van der Waals surface area contributed by atoms with Gasteiger partial charge in [0.15, 0.2) is 5.82 Å². The van der Waals surface area contributed by atoms with Gasteiger partial charge >= 0.3 is 6.03 Å². The zero-order valence-corrected chi connectivity index (χ0v) is 13.8. The highest BCUT2D eigenvalue weighted by atomic mass is 35.5. The minimum absolute atomic E-state index is 0.0254. The molecule has 1 heterocycles. The summed E-state index contributed by atoms with van der Waals surface area (Å²) < 4.78 is 13.7.